The van der Waals surface area contributed by atoms with Crippen molar-refractivity contribution in [1.29, 1.82) is 0 Å². The smallest absolute Gasteiger partial charge is 0.130 e. The van der Waals surface area contributed by atoms with Crippen LogP contribution in [0.4, 0.5) is 0 Å². The number of benzene rings is 4. The summed E-state index contributed by atoms with van der Waals surface area (Å²) in [7, 11) is 9.77. The van der Waals surface area contributed by atoms with Gasteiger partial charge < -0.3 is 38.6 Å². The zero-order chi connectivity index (χ0) is 39.5. The van der Waals surface area contributed by atoms with Gasteiger partial charge in [-0.2, -0.15) is 0 Å². The van der Waals surface area contributed by atoms with E-state index in [1.165, 1.54) is 0 Å². The summed E-state index contributed by atoms with van der Waals surface area (Å²) in [6, 6.07) is 30.9. The molecule has 4 atom stereocenters. The third-order valence-electron chi connectivity index (χ3n) is 10.3. The van der Waals surface area contributed by atoms with Gasteiger partial charge in [-0.1, -0.05) is 60.7 Å². The first-order valence-corrected chi connectivity index (χ1v) is 19.1. The van der Waals surface area contributed by atoms with Crippen molar-refractivity contribution >= 4 is 11.3 Å². The van der Waals surface area contributed by atoms with Gasteiger partial charge in [-0.25, -0.2) is 0 Å². The summed E-state index contributed by atoms with van der Waals surface area (Å²) in [5.41, 5.74) is 3.69. The highest BCUT2D eigenvalue weighted by atomic mass is 32.1. The lowest BCUT2D eigenvalue weighted by Gasteiger charge is -2.37. The highest BCUT2D eigenvalue weighted by Gasteiger charge is 2.32. The molecule has 0 aliphatic rings. The number of hydrogen-bond acceptors (Lipinski definition) is 11. The lowest BCUT2D eigenvalue weighted by Crippen LogP contribution is -2.33. The van der Waals surface area contributed by atoms with Crippen LogP contribution in [0.25, 0.3) is 0 Å². The fourth-order valence-electron chi connectivity index (χ4n) is 7.16. The minimum atomic E-state index is -0.334. The van der Waals surface area contributed by atoms with Crippen molar-refractivity contribution in [3.8, 4) is 34.5 Å². The molecule has 5 aromatic rings. The molecule has 11 heteroatoms. The maximum absolute atomic E-state index is 11.0. The molecular weight excluding hydrogens is 717 g/mol. The maximum Gasteiger partial charge on any atom is 0.130 e. The number of hydrogen-bond donors (Lipinski definition) is 2. The molecule has 1 heterocycles. The molecule has 2 N–H and O–H groups in total. The van der Waals surface area contributed by atoms with Gasteiger partial charge in [-0.3, -0.25) is 9.80 Å². The Balaban J connectivity index is 1.57. The average Bonchev–Trinajstić information content (AvgIpc) is 3.74. The highest BCUT2D eigenvalue weighted by Crippen LogP contribution is 2.44. The molecule has 0 unspecified atom stereocenters. The van der Waals surface area contributed by atoms with Gasteiger partial charge in [0.2, 0.25) is 0 Å². The van der Waals surface area contributed by atoms with E-state index < -0.39 is 0 Å². The van der Waals surface area contributed by atoms with E-state index in [2.05, 4.69) is 35.8 Å². The van der Waals surface area contributed by atoms with Crippen LogP contribution >= 0.6 is 11.3 Å². The van der Waals surface area contributed by atoms with Crippen LogP contribution in [0.3, 0.4) is 0 Å². The van der Waals surface area contributed by atoms with Crippen molar-refractivity contribution < 1.29 is 38.6 Å². The van der Waals surface area contributed by atoms with Crippen molar-refractivity contribution in [2.24, 2.45) is 0 Å². The van der Waals surface area contributed by atoms with E-state index in [-0.39, 0.29) is 37.4 Å². The quantitative estimate of drug-likeness (QED) is 0.0803. The molecule has 294 valence electrons. The summed E-state index contributed by atoms with van der Waals surface area (Å²) in [5, 5.41) is 22.0. The fraction of sp³-hybridized carbons (Fsp3) is 0.364. The predicted molar refractivity (Wildman–Crippen MR) is 217 cm³/mol. The van der Waals surface area contributed by atoms with Gasteiger partial charge >= 0.3 is 0 Å². The number of aliphatic hydroxyl groups excluding tert-OH is 2. The molecule has 0 fully saturated rings. The van der Waals surface area contributed by atoms with E-state index >= 15 is 0 Å². The Labute approximate surface area is 329 Å². The van der Waals surface area contributed by atoms with Crippen LogP contribution in [-0.4, -0.2) is 75.9 Å². The van der Waals surface area contributed by atoms with Gasteiger partial charge in [-0.05, 0) is 37.1 Å². The number of methoxy groups -OCH3 is 6. The van der Waals surface area contributed by atoms with Crippen molar-refractivity contribution in [1.82, 2.24) is 9.80 Å². The van der Waals surface area contributed by atoms with Crippen LogP contribution in [0.2, 0.25) is 0 Å². The maximum atomic E-state index is 11.0. The van der Waals surface area contributed by atoms with Crippen LogP contribution in [0.5, 0.6) is 34.5 Å². The minimum absolute atomic E-state index is 0.0989. The van der Waals surface area contributed by atoms with Gasteiger partial charge in [0.15, 0.2) is 0 Å². The summed E-state index contributed by atoms with van der Waals surface area (Å²) in [6.45, 7) is 4.98. The average molecular weight is 771 g/mol. The Bertz CT molecular complexity index is 1750. The Kier molecular flexibility index (Phi) is 14.8. The standard InChI is InChI=1S/C44H54N2O8S/c1-29(45(37(27-47)31-15-11-9-12-16-31)25-35-39(51-5)21-33(49-3)22-40(35)52-6)43-19-20-44(55-43)30(2)46(38(28-48)32-17-13-10-14-18-32)26-36-41(53-7)23-34(50-4)24-42(36)54-8/h9-24,29-30,37-38,47-48H,25-28H2,1-8H3/t29-,30-,37-,38-/m0/s1. The second-order valence-electron chi connectivity index (χ2n) is 13.2. The third kappa shape index (κ3) is 9.37. The zero-order valence-electron chi connectivity index (χ0n) is 33.0. The van der Waals surface area contributed by atoms with E-state index in [0.29, 0.717) is 47.6 Å². The van der Waals surface area contributed by atoms with E-state index in [0.717, 1.165) is 32.0 Å². The molecule has 10 nitrogen and oxygen atoms in total. The molecule has 0 spiro atoms. The Morgan fingerprint density at radius 3 is 1.09 bits per heavy atom. The molecule has 0 amide bonds. The Morgan fingerprint density at radius 1 is 0.491 bits per heavy atom. The summed E-state index contributed by atoms with van der Waals surface area (Å²) >= 11 is 1.71. The van der Waals surface area contributed by atoms with Gasteiger partial charge in [0.25, 0.3) is 0 Å². The van der Waals surface area contributed by atoms with E-state index in [9.17, 15) is 10.2 Å². The molecule has 55 heavy (non-hydrogen) atoms. The molecular formula is C44H54N2O8S. The minimum Gasteiger partial charge on any atom is -0.496 e. The SMILES string of the molecule is COc1cc(OC)c(CN([C@@H](C)c2ccc([C@H](C)N(Cc3c(OC)cc(OC)cc3OC)[C@@H](CO)c3ccccc3)s2)[C@@H](CO)c2ccccc2)c(OC)c1. The topological polar surface area (TPSA) is 102 Å². The van der Waals surface area contributed by atoms with Crippen molar-refractivity contribution in [2.45, 2.75) is 51.1 Å². The molecule has 4 aromatic carbocycles. The Hall–Kier alpha value is -4.78. The molecule has 5 rings (SSSR count). The predicted octanol–water partition coefficient (Wildman–Crippen LogP) is 8.39. The monoisotopic (exact) mass is 770 g/mol. The molecule has 0 aliphatic carbocycles. The first-order valence-electron chi connectivity index (χ1n) is 18.3. The van der Waals surface area contributed by atoms with Crippen molar-refractivity contribution in [3.05, 3.63) is 129 Å². The van der Waals surface area contributed by atoms with E-state index in [1.807, 2.05) is 84.9 Å². The van der Waals surface area contributed by atoms with Crippen LogP contribution < -0.4 is 28.4 Å². The van der Waals surface area contributed by atoms with E-state index in [1.54, 1.807) is 54.0 Å². The number of aliphatic hydroxyl groups is 2. The summed E-state index contributed by atoms with van der Waals surface area (Å²) in [4.78, 5) is 6.80. The van der Waals surface area contributed by atoms with Crippen molar-refractivity contribution in [3.63, 3.8) is 0 Å². The van der Waals surface area contributed by atoms with Gasteiger partial charge in [-0.15, -0.1) is 11.3 Å². The second kappa shape index (κ2) is 19.7. The normalized spacial score (nSPS) is 13.6. The summed E-state index contributed by atoms with van der Waals surface area (Å²) < 4.78 is 34.5. The van der Waals surface area contributed by atoms with Crippen LogP contribution in [0.15, 0.2) is 97.1 Å². The van der Waals surface area contributed by atoms with Crippen LogP contribution in [-0.2, 0) is 13.1 Å². The molecule has 0 saturated heterocycles. The van der Waals surface area contributed by atoms with Crippen LogP contribution in [0.1, 0.15) is 70.0 Å². The fourth-order valence-corrected chi connectivity index (χ4v) is 8.32. The molecule has 0 bridgehead atoms. The summed E-state index contributed by atoms with van der Waals surface area (Å²) in [5.74, 6) is 3.79. The molecule has 0 radical (unpaired) electrons. The number of ether oxygens (including phenoxy) is 6. The molecule has 0 aliphatic heterocycles. The first-order chi connectivity index (χ1) is 26.7. The van der Waals surface area contributed by atoms with Crippen molar-refractivity contribution in [2.75, 3.05) is 55.9 Å². The molecule has 0 saturated carbocycles. The zero-order valence-corrected chi connectivity index (χ0v) is 33.8. The second-order valence-corrected chi connectivity index (χ2v) is 14.3. The lowest BCUT2D eigenvalue weighted by atomic mass is 10.0. The van der Waals surface area contributed by atoms with Gasteiger partial charge in [0, 0.05) is 59.2 Å². The molecule has 1 aromatic heterocycles. The summed E-state index contributed by atoms with van der Waals surface area (Å²) in [6.07, 6.45) is 0. The Morgan fingerprint density at radius 2 is 0.818 bits per heavy atom. The lowest BCUT2D eigenvalue weighted by molar-refractivity contribution is 0.0803. The van der Waals surface area contributed by atoms with Crippen LogP contribution in [0, 0.1) is 0 Å². The van der Waals surface area contributed by atoms with Gasteiger partial charge in [0.05, 0.1) is 79.1 Å². The highest BCUT2D eigenvalue weighted by molar-refractivity contribution is 7.12. The van der Waals surface area contributed by atoms with E-state index in [4.69, 9.17) is 28.4 Å². The van der Waals surface area contributed by atoms with Gasteiger partial charge in [0.1, 0.15) is 34.5 Å². The number of rotatable bonds is 20. The third-order valence-corrected chi connectivity index (χ3v) is 11.7. The largest absolute Gasteiger partial charge is 0.496 e. The number of nitrogens with zero attached hydrogens (tertiary/aromatic N) is 2. The number of thiophene rings is 1. The first kappa shape index (κ1) is 41.4.